The van der Waals surface area contributed by atoms with Crippen molar-refractivity contribution in [2.75, 3.05) is 20.3 Å². The van der Waals surface area contributed by atoms with Crippen LogP contribution in [0.25, 0.3) is 0 Å². The first-order chi connectivity index (χ1) is 7.42. The Morgan fingerprint density at radius 2 is 2.00 bits per heavy atom. The molecule has 5 nitrogen and oxygen atoms in total. The normalized spacial score (nSPS) is 26.2. The number of carbonyl (C=O) groups is 2. The Morgan fingerprint density at radius 3 is 2.44 bits per heavy atom. The summed E-state index contributed by atoms with van der Waals surface area (Å²) in [6, 6.07) is 0. The molecule has 0 aromatic carbocycles. The van der Waals surface area contributed by atoms with Gasteiger partial charge in [0.15, 0.2) is 0 Å². The standard InChI is InChI=1S/C11H19NO4/c1-11(2)7(8(11)10(14)15)9(13)12-5-4-6-16-3/h7-8H,4-6H2,1-3H3,(H,12,13)(H,14,15)/t7-,8+/m1/s1. The summed E-state index contributed by atoms with van der Waals surface area (Å²) in [7, 11) is 1.60. The SMILES string of the molecule is COCCCNC(=O)[C@H]1[C@@H](C(=O)O)C1(C)C. The average molecular weight is 229 g/mol. The largest absolute Gasteiger partial charge is 0.481 e. The molecule has 0 unspecified atom stereocenters. The Labute approximate surface area is 95.2 Å². The van der Waals surface area contributed by atoms with Crippen molar-refractivity contribution in [1.29, 1.82) is 0 Å². The molecular formula is C11H19NO4. The fourth-order valence-corrected chi connectivity index (χ4v) is 2.13. The number of carboxylic acid groups (broad SMARTS) is 1. The van der Waals surface area contributed by atoms with Gasteiger partial charge in [0.25, 0.3) is 0 Å². The van der Waals surface area contributed by atoms with Gasteiger partial charge < -0.3 is 15.2 Å². The van der Waals surface area contributed by atoms with E-state index in [9.17, 15) is 9.59 Å². The molecule has 1 rings (SSSR count). The van der Waals surface area contributed by atoms with E-state index in [-0.39, 0.29) is 5.91 Å². The van der Waals surface area contributed by atoms with Gasteiger partial charge in [-0.15, -0.1) is 0 Å². The molecule has 1 fully saturated rings. The lowest BCUT2D eigenvalue weighted by Crippen LogP contribution is -2.28. The molecule has 0 radical (unpaired) electrons. The van der Waals surface area contributed by atoms with Crippen molar-refractivity contribution in [3.05, 3.63) is 0 Å². The summed E-state index contributed by atoms with van der Waals surface area (Å²) >= 11 is 0. The van der Waals surface area contributed by atoms with Crippen LogP contribution in [0, 0.1) is 17.3 Å². The summed E-state index contributed by atoms with van der Waals surface area (Å²) < 4.78 is 4.85. The fraction of sp³-hybridized carbons (Fsp3) is 0.818. The Bertz CT molecular complexity index is 288. The van der Waals surface area contributed by atoms with Gasteiger partial charge >= 0.3 is 5.97 Å². The number of hydrogen-bond donors (Lipinski definition) is 2. The van der Waals surface area contributed by atoms with Crippen molar-refractivity contribution in [2.24, 2.45) is 17.3 Å². The first-order valence-electron chi connectivity index (χ1n) is 5.42. The second kappa shape index (κ2) is 4.82. The first kappa shape index (κ1) is 13.0. The van der Waals surface area contributed by atoms with E-state index in [0.717, 1.165) is 6.42 Å². The maximum Gasteiger partial charge on any atom is 0.307 e. The van der Waals surface area contributed by atoms with Crippen LogP contribution in [0.1, 0.15) is 20.3 Å². The van der Waals surface area contributed by atoms with E-state index in [1.807, 2.05) is 13.8 Å². The predicted molar refractivity (Wildman–Crippen MR) is 57.9 cm³/mol. The van der Waals surface area contributed by atoms with Crippen LogP contribution >= 0.6 is 0 Å². The van der Waals surface area contributed by atoms with Crippen LogP contribution in [-0.2, 0) is 14.3 Å². The van der Waals surface area contributed by atoms with Crippen LogP contribution < -0.4 is 5.32 Å². The van der Waals surface area contributed by atoms with Crippen molar-refractivity contribution in [1.82, 2.24) is 5.32 Å². The van der Waals surface area contributed by atoms with Crippen LogP contribution in [0.5, 0.6) is 0 Å². The van der Waals surface area contributed by atoms with Crippen molar-refractivity contribution < 1.29 is 19.4 Å². The number of rotatable bonds is 6. The molecule has 0 aromatic heterocycles. The third-order valence-electron chi connectivity index (χ3n) is 3.20. The number of aliphatic carboxylic acids is 1. The minimum atomic E-state index is -0.887. The monoisotopic (exact) mass is 229 g/mol. The highest BCUT2D eigenvalue weighted by molar-refractivity contribution is 5.91. The molecule has 1 amide bonds. The van der Waals surface area contributed by atoms with Gasteiger partial charge in [0.1, 0.15) is 0 Å². The zero-order valence-corrected chi connectivity index (χ0v) is 9.95. The summed E-state index contributed by atoms with van der Waals surface area (Å²) in [6.07, 6.45) is 0.743. The van der Waals surface area contributed by atoms with E-state index in [1.54, 1.807) is 7.11 Å². The Balaban J connectivity index is 2.36. The highest BCUT2D eigenvalue weighted by Crippen LogP contribution is 2.58. The third kappa shape index (κ3) is 2.52. The molecule has 92 valence electrons. The van der Waals surface area contributed by atoms with Crippen LogP contribution in [-0.4, -0.2) is 37.2 Å². The summed E-state index contributed by atoms with van der Waals surface area (Å²) in [5.74, 6) is -1.99. The van der Waals surface area contributed by atoms with Gasteiger partial charge in [0.05, 0.1) is 11.8 Å². The van der Waals surface area contributed by atoms with Gasteiger partial charge in [-0.25, -0.2) is 0 Å². The molecule has 5 heteroatoms. The van der Waals surface area contributed by atoms with E-state index >= 15 is 0 Å². The summed E-state index contributed by atoms with van der Waals surface area (Å²) in [5, 5.41) is 11.7. The van der Waals surface area contributed by atoms with Gasteiger partial charge in [-0.05, 0) is 11.8 Å². The minimum Gasteiger partial charge on any atom is -0.481 e. The minimum absolute atomic E-state index is 0.159. The van der Waals surface area contributed by atoms with E-state index in [1.165, 1.54) is 0 Å². The molecular weight excluding hydrogens is 210 g/mol. The number of amides is 1. The maximum atomic E-state index is 11.7. The molecule has 1 aliphatic rings. The highest BCUT2D eigenvalue weighted by atomic mass is 16.5. The number of carboxylic acids is 1. The van der Waals surface area contributed by atoms with Gasteiger partial charge in [-0.2, -0.15) is 0 Å². The lowest BCUT2D eigenvalue weighted by Gasteiger charge is -2.05. The topological polar surface area (TPSA) is 75.6 Å². The molecule has 0 saturated heterocycles. The molecule has 0 aliphatic heterocycles. The Hall–Kier alpha value is -1.10. The molecule has 0 spiro atoms. The summed E-state index contributed by atoms with van der Waals surface area (Å²) in [4.78, 5) is 22.6. The lowest BCUT2D eigenvalue weighted by molar-refractivity contribution is -0.140. The van der Waals surface area contributed by atoms with Gasteiger partial charge in [0, 0.05) is 20.3 Å². The molecule has 2 N–H and O–H groups in total. The van der Waals surface area contributed by atoms with Crippen LogP contribution in [0.2, 0.25) is 0 Å². The molecule has 1 aliphatic carbocycles. The molecule has 0 bridgehead atoms. The van der Waals surface area contributed by atoms with Gasteiger partial charge in [0.2, 0.25) is 5.91 Å². The third-order valence-corrected chi connectivity index (χ3v) is 3.20. The maximum absolute atomic E-state index is 11.7. The van der Waals surface area contributed by atoms with Crippen molar-refractivity contribution >= 4 is 11.9 Å². The fourth-order valence-electron chi connectivity index (χ4n) is 2.13. The lowest BCUT2D eigenvalue weighted by atomic mass is 10.1. The molecule has 2 atom stereocenters. The van der Waals surface area contributed by atoms with E-state index < -0.39 is 23.2 Å². The summed E-state index contributed by atoms with van der Waals surface area (Å²) in [6.45, 7) is 4.75. The molecule has 1 saturated carbocycles. The number of ether oxygens (including phenoxy) is 1. The van der Waals surface area contributed by atoms with Gasteiger partial charge in [-0.1, -0.05) is 13.8 Å². The average Bonchev–Trinajstić information content (AvgIpc) is 2.76. The Morgan fingerprint density at radius 1 is 1.38 bits per heavy atom. The second-order valence-electron chi connectivity index (χ2n) is 4.75. The zero-order valence-electron chi connectivity index (χ0n) is 9.95. The van der Waals surface area contributed by atoms with E-state index in [0.29, 0.717) is 13.2 Å². The van der Waals surface area contributed by atoms with Crippen molar-refractivity contribution in [3.8, 4) is 0 Å². The zero-order chi connectivity index (χ0) is 12.3. The number of hydrogen-bond acceptors (Lipinski definition) is 3. The van der Waals surface area contributed by atoms with Gasteiger partial charge in [-0.3, -0.25) is 9.59 Å². The summed E-state index contributed by atoms with van der Waals surface area (Å²) in [5.41, 5.74) is -0.419. The molecule has 0 heterocycles. The first-order valence-corrected chi connectivity index (χ1v) is 5.42. The Kier molecular flexibility index (Phi) is 3.91. The van der Waals surface area contributed by atoms with E-state index in [2.05, 4.69) is 5.32 Å². The van der Waals surface area contributed by atoms with Crippen LogP contribution in [0.4, 0.5) is 0 Å². The van der Waals surface area contributed by atoms with Crippen molar-refractivity contribution in [3.63, 3.8) is 0 Å². The van der Waals surface area contributed by atoms with E-state index in [4.69, 9.17) is 9.84 Å². The predicted octanol–water partition coefficient (Wildman–Crippen LogP) is 0.496. The molecule has 0 aromatic rings. The highest BCUT2D eigenvalue weighted by Gasteiger charge is 2.65. The molecule has 16 heavy (non-hydrogen) atoms. The number of nitrogens with one attached hydrogen (secondary N) is 1. The van der Waals surface area contributed by atoms with Crippen LogP contribution in [0.3, 0.4) is 0 Å². The van der Waals surface area contributed by atoms with Crippen LogP contribution in [0.15, 0.2) is 0 Å². The van der Waals surface area contributed by atoms with Crippen molar-refractivity contribution in [2.45, 2.75) is 20.3 Å². The number of methoxy groups -OCH3 is 1. The number of carbonyl (C=O) groups excluding carboxylic acids is 1. The smallest absolute Gasteiger partial charge is 0.307 e. The second-order valence-corrected chi connectivity index (χ2v) is 4.75. The quantitative estimate of drug-likeness (QED) is 0.650.